The van der Waals surface area contributed by atoms with Gasteiger partial charge in [-0.2, -0.15) is 0 Å². The van der Waals surface area contributed by atoms with Gasteiger partial charge >= 0.3 is 0 Å². The fourth-order valence-corrected chi connectivity index (χ4v) is 1.68. The lowest BCUT2D eigenvalue weighted by molar-refractivity contribution is 0.00973. The molecule has 1 fully saturated rings. The predicted octanol–water partition coefficient (Wildman–Crippen LogP) is 0.806. The molecular formula is C11H23NO3. The van der Waals surface area contributed by atoms with Crippen molar-refractivity contribution in [2.75, 3.05) is 40.0 Å². The Hall–Kier alpha value is -0.160. The Kier molecular flexibility index (Phi) is 6.92. The molecule has 0 spiro atoms. The fraction of sp³-hybridized carbons (Fsp3) is 1.00. The van der Waals surface area contributed by atoms with E-state index in [-0.39, 0.29) is 6.10 Å². The molecule has 4 heteroatoms. The van der Waals surface area contributed by atoms with Crippen molar-refractivity contribution in [1.29, 1.82) is 0 Å². The Morgan fingerprint density at radius 2 is 2.40 bits per heavy atom. The van der Waals surface area contributed by atoms with E-state index in [2.05, 4.69) is 5.32 Å². The molecule has 0 saturated carbocycles. The molecule has 2 atom stereocenters. The first-order chi connectivity index (χ1) is 7.33. The molecule has 1 aliphatic rings. The third-order valence-electron chi connectivity index (χ3n) is 2.48. The van der Waals surface area contributed by atoms with Gasteiger partial charge in [0, 0.05) is 26.8 Å². The van der Waals surface area contributed by atoms with Crippen molar-refractivity contribution in [1.82, 2.24) is 5.32 Å². The number of hydrogen-bond donors (Lipinski definition) is 1. The Balaban J connectivity index is 1.84. The normalized spacial score (nSPS) is 23.2. The summed E-state index contributed by atoms with van der Waals surface area (Å²) >= 11 is 0. The largest absolute Gasteiger partial charge is 0.382 e. The summed E-state index contributed by atoms with van der Waals surface area (Å²) in [6, 6.07) is 0. The van der Waals surface area contributed by atoms with Gasteiger partial charge in [0.2, 0.25) is 0 Å². The zero-order chi connectivity index (χ0) is 10.9. The highest BCUT2D eigenvalue weighted by Crippen LogP contribution is 2.10. The van der Waals surface area contributed by atoms with Crippen LogP contribution >= 0.6 is 0 Å². The lowest BCUT2D eigenvalue weighted by atomic mass is 10.2. The molecule has 0 radical (unpaired) electrons. The second-order valence-corrected chi connectivity index (χ2v) is 3.98. The van der Waals surface area contributed by atoms with Gasteiger partial charge in [-0.15, -0.1) is 0 Å². The van der Waals surface area contributed by atoms with Crippen LogP contribution in [0.1, 0.15) is 19.8 Å². The average Bonchev–Trinajstić information content (AvgIpc) is 2.70. The van der Waals surface area contributed by atoms with E-state index >= 15 is 0 Å². The quantitative estimate of drug-likeness (QED) is 0.611. The van der Waals surface area contributed by atoms with Crippen LogP contribution in [0.25, 0.3) is 0 Å². The van der Waals surface area contributed by atoms with Crippen molar-refractivity contribution in [2.24, 2.45) is 0 Å². The van der Waals surface area contributed by atoms with Crippen LogP contribution in [0, 0.1) is 0 Å². The summed E-state index contributed by atoms with van der Waals surface area (Å²) in [7, 11) is 1.69. The van der Waals surface area contributed by atoms with Crippen molar-refractivity contribution in [2.45, 2.75) is 32.0 Å². The molecule has 0 bridgehead atoms. The maximum absolute atomic E-state index is 5.52. The van der Waals surface area contributed by atoms with Crippen molar-refractivity contribution in [3.05, 3.63) is 0 Å². The summed E-state index contributed by atoms with van der Waals surface area (Å²) < 4.78 is 16.0. The molecule has 1 saturated heterocycles. The Labute approximate surface area is 92.3 Å². The van der Waals surface area contributed by atoms with Crippen LogP contribution in [0.4, 0.5) is 0 Å². The van der Waals surface area contributed by atoms with E-state index in [1.165, 1.54) is 12.8 Å². The summed E-state index contributed by atoms with van der Waals surface area (Å²) in [5.74, 6) is 0. The number of rotatable bonds is 8. The van der Waals surface area contributed by atoms with Crippen LogP contribution in [-0.4, -0.2) is 52.2 Å². The summed E-state index contributed by atoms with van der Waals surface area (Å²) in [5, 5.41) is 3.33. The van der Waals surface area contributed by atoms with Gasteiger partial charge in [0.05, 0.1) is 25.4 Å². The molecule has 1 N–H and O–H groups in total. The van der Waals surface area contributed by atoms with Crippen LogP contribution in [0.3, 0.4) is 0 Å². The predicted molar refractivity (Wildman–Crippen MR) is 59.1 cm³/mol. The lowest BCUT2D eigenvalue weighted by Crippen LogP contribution is -2.30. The highest BCUT2D eigenvalue weighted by atomic mass is 16.5. The zero-order valence-electron chi connectivity index (χ0n) is 9.83. The van der Waals surface area contributed by atoms with Crippen LogP contribution in [-0.2, 0) is 14.2 Å². The molecule has 0 aromatic rings. The van der Waals surface area contributed by atoms with Crippen LogP contribution in [0.15, 0.2) is 0 Å². The maximum Gasteiger partial charge on any atom is 0.0780 e. The summed E-state index contributed by atoms with van der Waals surface area (Å²) in [6.07, 6.45) is 2.99. The van der Waals surface area contributed by atoms with Crippen LogP contribution < -0.4 is 5.32 Å². The van der Waals surface area contributed by atoms with Gasteiger partial charge in [-0.3, -0.25) is 0 Å². The van der Waals surface area contributed by atoms with E-state index in [1.807, 2.05) is 6.92 Å². The zero-order valence-corrected chi connectivity index (χ0v) is 9.83. The highest BCUT2D eigenvalue weighted by molar-refractivity contribution is 4.67. The SMILES string of the molecule is COCC(C)OCCNCC1CCCO1. The third-order valence-corrected chi connectivity index (χ3v) is 2.48. The summed E-state index contributed by atoms with van der Waals surface area (Å²) in [6.45, 7) is 6.16. The molecule has 0 aliphatic carbocycles. The minimum atomic E-state index is 0.180. The van der Waals surface area contributed by atoms with Gasteiger partial charge in [0.15, 0.2) is 0 Å². The molecule has 15 heavy (non-hydrogen) atoms. The minimum absolute atomic E-state index is 0.180. The first kappa shape index (κ1) is 12.9. The molecule has 0 aromatic heterocycles. The third kappa shape index (κ3) is 6.10. The second kappa shape index (κ2) is 8.05. The molecule has 4 nitrogen and oxygen atoms in total. The van der Waals surface area contributed by atoms with E-state index < -0.39 is 0 Å². The number of methoxy groups -OCH3 is 1. The number of ether oxygens (including phenoxy) is 3. The van der Waals surface area contributed by atoms with E-state index in [1.54, 1.807) is 7.11 Å². The molecule has 0 amide bonds. The Morgan fingerprint density at radius 1 is 1.53 bits per heavy atom. The van der Waals surface area contributed by atoms with Gasteiger partial charge in [0.1, 0.15) is 0 Å². The monoisotopic (exact) mass is 217 g/mol. The van der Waals surface area contributed by atoms with Crippen LogP contribution in [0.2, 0.25) is 0 Å². The maximum atomic E-state index is 5.52. The van der Waals surface area contributed by atoms with Crippen molar-refractivity contribution >= 4 is 0 Å². The smallest absolute Gasteiger partial charge is 0.0780 e. The summed E-state index contributed by atoms with van der Waals surface area (Å²) in [5.41, 5.74) is 0. The molecule has 1 heterocycles. The topological polar surface area (TPSA) is 39.7 Å². The van der Waals surface area contributed by atoms with Gasteiger partial charge in [-0.1, -0.05) is 0 Å². The van der Waals surface area contributed by atoms with Crippen molar-refractivity contribution in [3.63, 3.8) is 0 Å². The van der Waals surface area contributed by atoms with Gasteiger partial charge in [-0.05, 0) is 19.8 Å². The van der Waals surface area contributed by atoms with Gasteiger partial charge in [-0.25, -0.2) is 0 Å². The second-order valence-electron chi connectivity index (χ2n) is 3.98. The van der Waals surface area contributed by atoms with Gasteiger partial charge in [0.25, 0.3) is 0 Å². The molecule has 1 aliphatic heterocycles. The first-order valence-electron chi connectivity index (χ1n) is 5.75. The fourth-order valence-electron chi connectivity index (χ4n) is 1.68. The minimum Gasteiger partial charge on any atom is -0.382 e. The number of nitrogens with one attached hydrogen (secondary N) is 1. The molecule has 90 valence electrons. The molecule has 2 unspecified atom stereocenters. The molecular weight excluding hydrogens is 194 g/mol. The van der Waals surface area contributed by atoms with Crippen molar-refractivity contribution < 1.29 is 14.2 Å². The van der Waals surface area contributed by atoms with E-state index in [9.17, 15) is 0 Å². The lowest BCUT2D eigenvalue weighted by Gasteiger charge is -2.13. The van der Waals surface area contributed by atoms with E-state index in [0.29, 0.717) is 12.7 Å². The average molecular weight is 217 g/mol. The van der Waals surface area contributed by atoms with E-state index in [4.69, 9.17) is 14.2 Å². The summed E-state index contributed by atoms with van der Waals surface area (Å²) in [4.78, 5) is 0. The molecule has 0 aromatic carbocycles. The number of hydrogen-bond acceptors (Lipinski definition) is 4. The Morgan fingerprint density at radius 3 is 3.07 bits per heavy atom. The van der Waals surface area contributed by atoms with Crippen molar-refractivity contribution in [3.8, 4) is 0 Å². The Bertz CT molecular complexity index is 149. The molecule has 1 rings (SSSR count). The van der Waals surface area contributed by atoms with E-state index in [0.717, 1.165) is 26.3 Å². The van der Waals surface area contributed by atoms with Crippen LogP contribution in [0.5, 0.6) is 0 Å². The highest BCUT2D eigenvalue weighted by Gasteiger charge is 2.14. The standard InChI is InChI=1S/C11H23NO3/c1-10(9-13-2)14-7-5-12-8-11-4-3-6-15-11/h10-12H,3-9H2,1-2H3. The van der Waals surface area contributed by atoms with Gasteiger partial charge < -0.3 is 19.5 Å². The first-order valence-corrected chi connectivity index (χ1v) is 5.75.